The van der Waals surface area contributed by atoms with E-state index in [4.69, 9.17) is 9.26 Å². The average Bonchev–Trinajstić information content (AvgIpc) is 3.07. The number of nitrogens with one attached hydrogen (secondary N) is 1. The molecular weight excluding hydrogens is 322 g/mol. The zero-order chi connectivity index (χ0) is 16.2. The van der Waals surface area contributed by atoms with Crippen molar-refractivity contribution in [2.75, 3.05) is 25.6 Å². The van der Waals surface area contributed by atoms with Gasteiger partial charge in [-0.2, -0.15) is 4.98 Å². The molecule has 0 aliphatic heterocycles. The maximum absolute atomic E-state index is 5.35. The van der Waals surface area contributed by atoms with Gasteiger partial charge in [0.15, 0.2) is 10.2 Å². The molecule has 1 atom stereocenters. The summed E-state index contributed by atoms with van der Waals surface area (Å²) in [6, 6.07) is 0. The minimum atomic E-state index is -0.118. The predicted molar refractivity (Wildman–Crippen MR) is 87.5 cm³/mol. The number of hydrogen-bond donors (Lipinski definition) is 1. The van der Waals surface area contributed by atoms with Gasteiger partial charge in [-0.25, -0.2) is 0 Å². The molecule has 0 saturated heterocycles. The smallest absolute Gasteiger partial charge is 0.239 e. The van der Waals surface area contributed by atoms with Gasteiger partial charge in [0.2, 0.25) is 11.0 Å². The number of methoxy groups -OCH3 is 1. The summed E-state index contributed by atoms with van der Waals surface area (Å²) in [5, 5.41) is 16.3. The summed E-state index contributed by atoms with van der Waals surface area (Å²) in [5.74, 6) is 1.33. The highest BCUT2D eigenvalue weighted by molar-refractivity contribution is 8.01. The lowest BCUT2D eigenvalue weighted by Gasteiger charge is -2.11. The Morgan fingerprint density at radius 3 is 2.77 bits per heavy atom. The van der Waals surface area contributed by atoms with E-state index in [9.17, 15) is 0 Å². The third-order valence-electron chi connectivity index (χ3n) is 2.73. The fourth-order valence-corrected chi connectivity index (χ4v) is 3.45. The Morgan fingerprint density at radius 1 is 1.36 bits per heavy atom. The van der Waals surface area contributed by atoms with E-state index in [-0.39, 0.29) is 10.7 Å². The molecule has 0 fully saturated rings. The Labute approximate surface area is 138 Å². The van der Waals surface area contributed by atoms with Gasteiger partial charge in [0.1, 0.15) is 0 Å². The lowest BCUT2D eigenvalue weighted by atomic mass is 9.96. The maximum Gasteiger partial charge on any atom is 0.239 e. The highest BCUT2D eigenvalue weighted by Gasteiger charge is 2.24. The third-order valence-corrected chi connectivity index (χ3v) is 4.78. The molecule has 7 nitrogen and oxygen atoms in total. The molecule has 0 amide bonds. The van der Waals surface area contributed by atoms with E-state index in [0.29, 0.717) is 24.9 Å². The van der Waals surface area contributed by atoms with Gasteiger partial charge in [0.25, 0.3) is 0 Å². The molecule has 0 saturated carbocycles. The van der Waals surface area contributed by atoms with E-state index >= 15 is 0 Å². The van der Waals surface area contributed by atoms with Crippen molar-refractivity contribution in [3.05, 3.63) is 11.7 Å². The Morgan fingerprint density at radius 2 is 2.14 bits per heavy atom. The van der Waals surface area contributed by atoms with Gasteiger partial charge in [-0.1, -0.05) is 49.0 Å². The number of nitrogens with zero attached hydrogens (tertiary/aromatic N) is 4. The molecule has 9 heteroatoms. The van der Waals surface area contributed by atoms with Gasteiger partial charge in [-0.3, -0.25) is 0 Å². The van der Waals surface area contributed by atoms with Crippen LogP contribution in [0.1, 0.15) is 44.7 Å². The van der Waals surface area contributed by atoms with Crippen molar-refractivity contribution in [1.82, 2.24) is 20.3 Å². The topological polar surface area (TPSA) is 86.0 Å². The van der Waals surface area contributed by atoms with Crippen LogP contribution in [-0.4, -0.2) is 40.6 Å². The standard InChI is InChI=1S/C13H21N5O2S2/c1-8(9-15-10(18-20-9)13(2,3)4)21-12-17-16-11(22-12)14-6-7-19-5/h8H,6-7H2,1-5H3,(H,14,16). The van der Waals surface area contributed by atoms with Crippen molar-refractivity contribution in [3.8, 4) is 0 Å². The van der Waals surface area contributed by atoms with Crippen molar-refractivity contribution in [2.45, 2.75) is 42.7 Å². The zero-order valence-corrected chi connectivity index (χ0v) is 15.0. The van der Waals surface area contributed by atoms with Gasteiger partial charge in [-0.15, -0.1) is 10.2 Å². The molecule has 0 bridgehead atoms. The second-order valence-corrected chi connectivity index (χ2v) is 8.32. The number of anilines is 1. The van der Waals surface area contributed by atoms with Crippen LogP contribution in [0, 0.1) is 0 Å². The fourth-order valence-electron chi connectivity index (χ4n) is 1.50. The number of rotatable bonds is 7. The van der Waals surface area contributed by atoms with E-state index < -0.39 is 0 Å². The zero-order valence-electron chi connectivity index (χ0n) is 13.4. The molecule has 2 rings (SSSR count). The summed E-state index contributed by atoms with van der Waals surface area (Å²) < 4.78 is 11.2. The normalized spacial score (nSPS) is 13.3. The summed E-state index contributed by atoms with van der Waals surface area (Å²) in [5.41, 5.74) is -0.118. The Hall–Kier alpha value is -1.19. The van der Waals surface area contributed by atoms with E-state index in [2.05, 4.69) is 46.4 Å². The summed E-state index contributed by atoms with van der Waals surface area (Å²) >= 11 is 3.06. The minimum Gasteiger partial charge on any atom is -0.383 e. The quantitative estimate of drug-likeness (QED) is 0.606. The van der Waals surface area contributed by atoms with Gasteiger partial charge >= 0.3 is 0 Å². The van der Waals surface area contributed by atoms with Gasteiger partial charge in [-0.05, 0) is 6.92 Å². The highest BCUT2D eigenvalue weighted by atomic mass is 32.2. The predicted octanol–water partition coefficient (Wildman–Crippen LogP) is 3.13. The number of ether oxygens (including phenoxy) is 1. The van der Waals surface area contributed by atoms with E-state index in [0.717, 1.165) is 9.47 Å². The monoisotopic (exact) mass is 343 g/mol. The lowest BCUT2D eigenvalue weighted by Crippen LogP contribution is -2.13. The van der Waals surface area contributed by atoms with Crippen LogP contribution in [0.3, 0.4) is 0 Å². The van der Waals surface area contributed by atoms with Crippen molar-refractivity contribution in [2.24, 2.45) is 0 Å². The number of aromatic nitrogens is 4. The molecule has 0 aliphatic rings. The largest absolute Gasteiger partial charge is 0.383 e. The van der Waals surface area contributed by atoms with Crippen LogP contribution in [0.15, 0.2) is 8.86 Å². The summed E-state index contributed by atoms with van der Waals surface area (Å²) in [6.07, 6.45) is 0. The first kappa shape index (κ1) is 17.2. The maximum atomic E-state index is 5.35. The van der Waals surface area contributed by atoms with Gasteiger partial charge < -0.3 is 14.6 Å². The summed E-state index contributed by atoms with van der Waals surface area (Å²) in [6.45, 7) is 9.54. The van der Waals surface area contributed by atoms with Crippen LogP contribution >= 0.6 is 23.1 Å². The van der Waals surface area contributed by atoms with Crippen molar-refractivity contribution in [1.29, 1.82) is 0 Å². The molecule has 0 radical (unpaired) electrons. The molecule has 0 aliphatic carbocycles. The molecule has 0 aromatic carbocycles. The Balaban J connectivity index is 1.94. The molecule has 122 valence electrons. The van der Waals surface area contributed by atoms with Gasteiger partial charge in [0.05, 0.1) is 11.9 Å². The lowest BCUT2D eigenvalue weighted by molar-refractivity contribution is 0.211. The Kier molecular flexibility index (Phi) is 5.76. The molecule has 1 unspecified atom stereocenters. The second-order valence-electron chi connectivity index (χ2n) is 5.76. The second kappa shape index (κ2) is 7.38. The van der Waals surface area contributed by atoms with Crippen molar-refractivity contribution in [3.63, 3.8) is 0 Å². The number of hydrogen-bond acceptors (Lipinski definition) is 9. The van der Waals surface area contributed by atoms with Crippen LogP contribution < -0.4 is 5.32 Å². The average molecular weight is 343 g/mol. The van der Waals surface area contributed by atoms with Crippen molar-refractivity contribution >= 4 is 28.2 Å². The first-order valence-corrected chi connectivity index (χ1v) is 8.67. The molecule has 1 N–H and O–H groups in total. The van der Waals surface area contributed by atoms with Crippen LogP contribution in [0.25, 0.3) is 0 Å². The number of thioether (sulfide) groups is 1. The highest BCUT2D eigenvalue weighted by Crippen LogP contribution is 2.37. The van der Waals surface area contributed by atoms with E-state index in [1.54, 1.807) is 18.9 Å². The molecule has 0 spiro atoms. The fraction of sp³-hybridized carbons (Fsp3) is 0.692. The van der Waals surface area contributed by atoms with E-state index in [1.165, 1.54) is 11.3 Å². The summed E-state index contributed by atoms with van der Waals surface area (Å²) in [7, 11) is 1.67. The van der Waals surface area contributed by atoms with Crippen LogP contribution in [0.5, 0.6) is 0 Å². The SMILES string of the molecule is COCCNc1nnc(SC(C)c2nc(C(C)(C)C)no2)s1. The van der Waals surface area contributed by atoms with Crippen LogP contribution in [0.4, 0.5) is 5.13 Å². The summed E-state index contributed by atoms with van der Waals surface area (Å²) in [4.78, 5) is 4.47. The molecule has 22 heavy (non-hydrogen) atoms. The Bertz CT molecular complexity index is 593. The molecular formula is C13H21N5O2S2. The molecule has 2 heterocycles. The molecule has 2 aromatic rings. The van der Waals surface area contributed by atoms with Gasteiger partial charge in [0, 0.05) is 19.1 Å². The third kappa shape index (κ3) is 4.65. The van der Waals surface area contributed by atoms with Crippen molar-refractivity contribution < 1.29 is 9.26 Å². The van der Waals surface area contributed by atoms with E-state index in [1.807, 2.05) is 6.92 Å². The first-order valence-electron chi connectivity index (χ1n) is 6.97. The van der Waals surface area contributed by atoms with Crippen LogP contribution in [-0.2, 0) is 10.2 Å². The first-order chi connectivity index (χ1) is 10.4. The molecule has 2 aromatic heterocycles. The minimum absolute atomic E-state index is 0.0309. The van der Waals surface area contributed by atoms with Crippen LogP contribution in [0.2, 0.25) is 0 Å².